The van der Waals surface area contributed by atoms with Crippen LogP contribution < -0.4 is 0 Å². The first-order chi connectivity index (χ1) is 10.7. The summed E-state index contributed by atoms with van der Waals surface area (Å²) in [6, 6.07) is 10.1. The van der Waals surface area contributed by atoms with E-state index in [4.69, 9.17) is 9.47 Å². The van der Waals surface area contributed by atoms with Crippen molar-refractivity contribution in [3.63, 3.8) is 0 Å². The molecule has 0 saturated carbocycles. The Morgan fingerprint density at radius 3 is 2.48 bits per heavy atom. The quantitative estimate of drug-likeness (QED) is 0.662. The minimum absolute atomic E-state index is 0. The molecule has 3 aliphatic rings. The Labute approximate surface area is 142 Å². The highest BCUT2D eigenvalue weighted by molar-refractivity contribution is 5.85. The Kier molecular flexibility index (Phi) is 4.65. The van der Waals surface area contributed by atoms with E-state index in [1.54, 1.807) is 0 Å². The summed E-state index contributed by atoms with van der Waals surface area (Å²) in [4.78, 5) is 14.8. The molecule has 1 aromatic carbocycles. The first-order valence-electron chi connectivity index (χ1n) is 7.92. The maximum atomic E-state index is 12.4. The molecular weight excluding hydrogens is 318 g/mol. The molecule has 126 valence electrons. The number of epoxide rings is 1. The lowest BCUT2D eigenvalue weighted by Crippen LogP contribution is -2.48. The largest absolute Gasteiger partial charge is 0.462 e. The minimum atomic E-state index is -0.593. The van der Waals surface area contributed by atoms with Crippen molar-refractivity contribution < 1.29 is 19.4 Å². The summed E-state index contributed by atoms with van der Waals surface area (Å²) in [6.07, 6.45) is 2.26. The second-order valence-corrected chi connectivity index (χ2v) is 6.54. The van der Waals surface area contributed by atoms with Crippen molar-refractivity contribution in [2.24, 2.45) is 0 Å². The summed E-state index contributed by atoms with van der Waals surface area (Å²) in [5, 5.41) is 9.56. The number of carbonyl (C=O) groups is 1. The molecule has 3 heterocycles. The summed E-state index contributed by atoms with van der Waals surface area (Å²) < 4.78 is 11.4. The van der Waals surface area contributed by atoms with E-state index in [1.165, 1.54) is 0 Å². The summed E-state index contributed by atoms with van der Waals surface area (Å²) in [5.74, 6) is -0.915. The van der Waals surface area contributed by atoms with Crippen LogP contribution >= 0.6 is 12.4 Å². The smallest absolute Gasteiger partial charge is 0.316 e. The van der Waals surface area contributed by atoms with E-state index in [-0.39, 0.29) is 31.1 Å². The van der Waals surface area contributed by atoms with E-state index >= 15 is 0 Å². The number of halogens is 1. The van der Waals surface area contributed by atoms with Crippen LogP contribution in [-0.2, 0) is 14.3 Å². The monoisotopic (exact) mass is 339 g/mol. The number of nitrogens with zero attached hydrogens (tertiary/aromatic N) is 1. The summed E-state index contributed by atoms with van der Waals surface area (Å²) in [5.41, 5.74) is 0.803. The topological polar surface area (TPSA) is 62.3 Å². The number of benzene rings is 1. The lowest BCUT2D eigenvalue weighted by atomic mass is 9.97. The minimum Gasteiger partial charge on any atom is -0.462 e. The van der Waals surface area contributed by atoms with Crippen LogP contribution in [0.3, 0.4) is 0 Å². The second kappa shape index (κ2) is 6.40. The third-order valence-electron chi connectivity index (χ3n) is 5.33. The highest BCUT2D eigenvalue weighted by atomic mass is 35.5. The molecule has 1 unspecified atom stereocenters. The Morgan fingerprint density at radius 2 is 1.91 bits per heavy atom. The second-order valence-electron chi connectivity index (χ2n) is 6.54. The molecule has 3 fully saturated rings. The van der Waals surface area contributed by atoms with Crippen molar-refractivity contribution in [3.8, 4) is 0 Å². The summed E-state index contributed by atoms with van der Waals surface area (Å²) in [7, 11) is 2.13. The molecule has 4 rings (SSSR count). The van der Waals surface area contributed by atoms with Crippen molar-refractivity contribution in [2.75, 3.05) is 13.7 Å². The van der Waals surface area contributed by atoms with Crippen LogP contribution in [0, 0.1) is 0 Å². The first-order valence-corrected chi connectivity index (χ1v) is 7.92. The van der Waals surface area contributed by atoms with Gasteiger partial charge in [-0.05, 0) is 12.6 Å². The third kappa shape index (κ3) is 2.87. The Bertz CT molecular complexity index is 551. The average Bonchev–Trinajstić information content (AvgIpc) is 3.27. The van der Waals surface area contributed by atoms with E-state index in [1.807, 2.05) is 30.3 Å². The molecule has 3 saturated heterocycles. The van der Waals surface area contributed by atoms with Crippen LogP contribution in [0.5, 0.6) is 0 Å². The summed E-state index contributed by atoms with van der Waals surface area (Å²) in [6.45, 7) is -0.226. The van der Waals surface area contributed by atoms with Crippen molar-refractivity contribution in [1.29, 1.82) is 0 Å². The van der Waals surface area contributed by atoms with Crippen molar-refractivity contribution >= 4 is 18.4 Å². The predicted molar refractivity (Wildman–Crippen MR) is 86.6 cm³/mol. The zero-order chi connectivity index (χ0) is 15.3. The van der Waals surface area contributed by atoms with E-state index in [2.05, 4.69) is 11.9 Å². The molecular formula is C17H22ClNO4. The normalized spacial score (nSPS) is 35.8. The van der Waals surface area contributed by atoms with Crippen molar-refractivity contribution in [1.82, 2.24) is 4.90 Å². The zero-order valence-corrected chi connectivity index (χ0v) is 13.8. The number of hydrogen-bond donors (Lipinski definition) is 1. The van der Waals surface area contributed by atoms with Gasteiger partial charge in [0.1, 0.15) is 24.2 Å². The molecule has 0 aliphatic carbocycles. The van der Waals surface area contributed by atoms with Gasteiger partial charge in [-0.25, -0.2) is 0 Å². The van der Waals surface area contributed by atoms with Crippen molar-refractivity contribution in [3.05, 3.63) is 35.9 Å². The zero-order valence-electron chi connectivity index (χ0n) is 13.0. The maximum Gasteiger partial charge on any atom is 0.316 e. The fourth-order valence-electron chi connectivity index (χ4n) is 4.04. The van der Waals surface area contributed by atoms with E-state index in [0.717, 1.165) is 18.4 Å². The molecule has 1 aromatic rings. The lowest BCUT2D eigenvalue weighted by Gasteiger charge is -2.38. The fraction of sp³-hybridized carbons (Fsp3) is 0.588. The van der Waals surface area contributed by atoms with Gasteiger partial charge in [-0.15, -0.1) is 12.4 Å². The number of rotatable bonds is 4. The van der Waals surface area contributed by atoms with Gasteiger partial charge < -0.3 is 14.6 Å². The van der Waals surface area contributed by atoms with Gasteiger partial charge in [0.25, 0.3) is 0 Å². The fourth-order valence-corrected chi connectivity index (χ4v) is 4.04. The molecule has 23 heavy (non-hydrogen) atoms. The molecule has 0 spiro atoms. The molecule has 0 aromatic heterocycles. The number of aliphatic hydroxyl groups is 1. The molecule has 3 aliphatic heterocycles. The Balaban J connectivity index is 0.00000156. The van der Waals surface area contributed by atoms with Gasteiger partial charge in [-0.3, -0.25) is 9.69 Å². The molecule has 0 radical (unpaired) electrons. The number of aliphatic hydroxyl groups excluding tert-OH is 1. The predicted octanol–water partition coefficient (Wildman–Crippen LogP) is 1.34. The summed E-state index contributed by atoms with van der Waals surface area (Å²) >= 11 is 0. The Hall–Kier alpha value is -1.14. The van der Waals surface area contributed by atoms with Crippen LogP contribution in [0.15, 0.2) is 30.3 Å². The number of ether oxygens (including phenoxy) is 2. The van der Waals surface area contributed by atoms with Crippen LogP contribution in [0.1, 0.15) is 24.3 Å². The molecule has 2 bridgehead atoms. The average molecular weight is 340 g/mol. The Morgan fingerprint density at radius 1 is 1.30 bits per heavy atom. The van der Waals surface area contributed by atoms with Gasteiger partial charge in [0.2, 0.25) is 0 Å². The van der Waals surface area contributed by atoms with Crippen LogP contribution in [0.2, 0.25) is 0 Å². The van der Waals surface area contributed by atoms with Gasteiger partial charge in [0.05, 0.1) is 6.61 Å². The van der Waals surface area contributed by atoms with Gasteiger partial charge >= 0.3 is 5.97 Å². The number of hydrogen-bond acceptors (Lipinski definition) is 5. The number of fused-ring (bicyclic) bond motifs is 5. The van der Waals surface area contributed by atoms with Gasteiger partial charge in [-0.1, -0.05) is 30.3 Å². The lowest BCUT2D eigenvalue weighted by molar-refractivity contribution is -0.156. The highest BCUT2D eigenvalue weighted by Crippen LogP contribution is 2.48. The number of carbonyl (C=O) groups excluding carboxylic acids is 1. The van der Waals surface area contributed by atoms with Crippen LogP contribution in [0.25, 0.3) is 0 Å². The molecule has 6 heteroatoms. The molecule has 5 nitrogen and oxygen atoms in total. The van der Waals surface area contributed by atoms with E-state index < -0.39 is 5.92 Å². The van der Waals surface area contributed by atoms with Gasteiger partial charge in [0.15, 0.2) is 0 Å². The molecule has 0 amide bonds. The maximum absolute atomic E-state index is 12.4. The van der Waals surface area contributed by atoms with Gasteiger partial charge in [0, 0.05) is 24.9 Å². The van der Waals surface area contributed by atoms with Crippen LogP contribution in [0.4, 0.5) is 0 Å². The SMILES string of the molecule is CN1[C@@H]2CC(OC(=O)[C@H](CO)c3ccccc3)C[C@@H]1[C@H]1O[C@H]12.Cl. The highest BCUT2D eigenvalue weighted by Gasteiger charge is 2.62. The molecule has 1 N–H and O–H groups in total. The van der Waals surface area contributed by atoms with Crippen LogP contribution in [-0.4, -0.2) is 60.0 Å². The number of esters is 1. The number of morpholine rings is 1. The van der Waals surface area contributed by atoms with Gasteiger partial charge in [-0.2, -0.15) is 0 Å². The number of piperidine rings is 1. The third-order valence-corrected chi connectivity index (χ3v) is 5.33. The van der Waals surface area contributed by atoms with E-state index in [0.29, 0.717) is 24.3 Å². The molecule has 6 atom stereocenters. The van der Waals surface area contributed by atoms with E-state index in [9.17, 15) is 9.90 Å². The number of likely N-dealkylation sites (N-methyl/N-ethyl adjacent to an activating group) is 1. The standard InChI is InChI=1S/C17H21NO4.ClH/c1-18-13-7-11(8-14(18)16-15(13)22-16)21-17(20)12(9-19)10-5-3-2-4-6-10;/h2-6,11-16,19H,7-9H2,1H3;1H/t11?,12-,13-,14-,15-,16+;/m1./s1. The van der Waals surface area contributed by atoms with Crippen molar-refractivity contribution in [2.45, 2.75) is 49.2 Å². The first kappa shape index (κ1) is 16.7.